The lowest BCUT2D eigenvalue weighted by Crippen LogP contribution is -2.59. The van der Waals surface area contributed by atoms with Gasteiger partial charge in [0, 0.05) is 43.3 Å². The molecule has 0 unspecified atom stereocenters. The molecule has 1 aromatic heterocycles. The van der Waals surface area contributed by atoms with Crippen LogP contribution >= 0.6 is 11.6 Å². The molecule has 2 aliphatic rings. The van der Waals surface area contributed by atoms with Crippen molar-refractivity contribution in [3.05, 3.63) is 83.6 Å². The molecule has 2 amide bonds. The van der Waals surface area contributed by atoms with Gasteiger partial charge in [0.25, 0.3) is 0 Å². The summed E-state index contributed by atoms with van der Waals surface area (Å²) in [6.07, 6.45) is 3.36. The molecule has 7 heteroatoms. The van der Waals surface area contributed by atoms with E-state index in [9.17, 15) is 4.79 Å². The van der Waals surface area contributed by atoms with Crippen LogP contribution in [0.3, 0.4) is 0 Å². The van der Waals surface area contributed by atoms with Crippen molar-refractivity contribution in [3.63, 3.8) is 0 Å². The minimum atomic E-state index is -0.0468. The number of nitrogens with one attached hydrogen (secondary N) is 1. The third kappa shape index (κ3) is 4.50. The summed E-state index contributed by atoms with van der Waals surface area (Å²) < 4.78 is 5.95. The van der Waals surface area contributed by atoms with Gasteiger partial charge in [-0.3, -0.25) is 9.88 Å². The first-order valence-corrected chi connectivity index (χ1v) is 10.7. The molecule has 3 heterocycles. The van der Waals surface area contributed by atoms with Gasteiger partial charge in [-0.1, -0.05) is 23.7 Å². The van der Waals surface area contributed by atoms with E-state index < -0.39 is 0 Å². The Morgan fingerprint density at radius 1 is 1.06 bits per heavy atom. The normalized spacial score (nSPS) is 20.1. The molecule has 2 aliphatic heterocycles. The molecule has 3 aromatic rings. The highest BCUT2D eigenvalue weighted by atomic mass is 35.5. The number of fused-ring (bicyclic) bond motifs is 1. The number of rotatable bonds is 5. The van der Waals surface area contributed by atoms with E-state index in [1.807, 2.05) is 53.4 Å². The van der Waals surface area contributed by atoms with Crippen LogP contribution in [0.1, 0.15) is 5.56 Å². The van der Waals surface area contributed by atoms with Crippen molar-refractivity contribution in [2.24, 2.45) is 5.92 Å². The molecule has 2 saturated heterocycles. The summed E-state index contributed by atoms with van der Waals surface area (Å²) in [5.74, 6) is 2.10. The molecule has 158 valence electrons. The molecule has 0 spiro atoms. The first kappa shape index (κ1) is 19.8. The topological polar surface area (TPSA) is 57.7 Å². The molecule has 2 fully saturated rings. The van der Waals surface area contributed by atoms with Gasteiger partial charge in [-0.05, 0) is 54.1 Å². The second-order valence-corrected chi connectivity index (χ2v) is 8.49. The third-order valence-corrected chi connectivity index (χ3v) is 6.09. The lowest BCUT2D eigenvalue weighted by Gasteiger charge is -2.43. The highest BCUT2D eigenvalue weighted by molar-refractivity contribution is 6.30. The van der Waals surface area contributed by atoms with Crippen molar-refractivity contribution in [1.82, 2.24) is 14.8 Å². The minimum Gasteiger partial charge on any atom is -0.457 e. The van der Waals surface area contributed by atoms with E-state index >= 15 is 0 Å². The molecular weight excluding hydrogens is 412 g/mol. The Balaban J connectivity index is 1.17. The van der Waals surface area contributed by atoms with E-state index in [0.717, 1.165) is 43.4 Å². The zero-order chi connectivity index (χ0) is 21.2. The summed E-state index contributed by atoms with van der Waals surface area (Å²) in [5.41, 5.74) is 1.92. The lowest BCUT2D eigenvalue weighted by molar-refractivity contribution is 0.0919. The van der Waals surface area contributed by atoms with Crippen molar-refractivity contribution in [1.29, 1.82) is 0 Å². The van der Waals surface area contributed by atoms with Crippen molar-refractivity contribution in [2.75, 3.05) is 25.0 Å². The number of hydrogen-bond acceptors (Lipinski definition) is 4. The van der Waals surface area contributed by atoms with Crippen LogP contribution in [0.2, 0.25) is 5.02 Å². The van der Waals surface area contributed by atoms with Crippen molar-refractivity contribution in [3.8, 4) is 11.5 Å². The van der Waals surface area contributed by atoms with E-state index in [-0.39, 0.29) is 12.1 Å². The molecular formula is C24H23ClN4O2. The Labute approximate surface area is 186 Å². The smallest absolute Gasteiger partial charge is 0.322 e. The number of likely N-dealkylation sites (tertiary alicyclic amines) is 2. The SMILES string of the molecule is O=C(Nc1cccnc1)N1C[C@@H]2CN(Cc3cccc(Oc4ccc(Cl)cc4)c3)C[C@@H]21. The Kier molecular flexibility index (Phi) is 5.49. The Morgan fingerprint density at radius 2 is 1.94 bits per heavy atom. The first-order valence-electron chi connectivity index (χ1n) is 10.4. The molecule has 0 saturated carbocycles. The molecule has 1 N–H and O–H groups in total. The monoisotopic (exact) mass is 434 g/mol. The van der Waals surface area contributed by atoms with Gasteiger partial charge >= 0.3 is 6.03 Å². The summed E-state index contributed by atoms with van der Waals surface area (Å²) >= 11 is 5.94. The van der Waals surface area contributed by atoms with Gasteiger partial charge in [-0.2, -0.15) is 0 Å². The maximum Gasteiger partial charge on any atom is 0.322 e. The predicted molar refractivity (Wildman–Crippen MR) is 120 cm³/mol. The van der Waals surface area contributed by atoms with E-state index in [2.05, 4.69) is 27.3 Å². The van der Waals surface area contributed by atoms with Gasteiger partial charge in [0.15, 0.2) is 0 Å². The molecule has 6 nitrogen and oxygen atoms in total. The fraction of sp³-hybridized carbons (Fsp3) is 0.250. The Hall–Kier alpha value is -3.09. The van der Waals surface area contributed by atoms with Crippen LogP contribution < -0.4 is 10.1 Å². The molecule has 5 rings (SSSR count). The standard InChI is InChI=1S/C24H23ClN4O2/c25-19-6-8-21(9-7-19)31-22-5-1-3-17(11-22)13-28-14-18-15-29(23(18)16-28)24(30)27-20-4-2-10-26-12-20/h1-12,18,23H,13-16H2,(H,27,30)/t18-,23-/m0/s1. The second kappa shape index (κ2) is 8.57. The summed E-state index contributed by atoms with van der Waals surface area (Å²) in [7, 11) is 0. The van der Waals surface area contributed by atoms with Crippen molar-refractivity contribution >= 4 is 23.3 Å². The van der Waals surface area contributed by atoms with E-state index in [0.29, 0.717) is 10.9 Å². The van der Waals surface area contributed by atoms with E-state index in [1.165, 1.54) is 5.56 Å². The van der Waals surface area contributed by atoms with Gasteiger partial charge in [0.05, 0.1) is 17.9 Å². The molecule has 2 aromatic carbocycles. The van der Waals surface area contributed by atoms with Gasteiger partial charge in [0.2, 0.25) is 0 Å². The fourth-order valence-corrected chi connectivity index (χ4v) is 4.45. The number of pyridine rings is 1. The van der Waals surface area contributed by atoms with Crippen molar-refractivity contribution in [2.45, 2.75) is 12.6 Å². The maximum absolute atomic E-state index is 12.6. The van der Waals surface area contributed by atoms with Gasteiger partial charge in [-0.25, -0.2) is 4.79 Å². The van der Waals surface area contributed by atoms with Crippen LogP contribution in [0.5, 0.6) is 11.5 Å². The van der Waals surface area contributed by atoms with Crippen LogP contribution in [-0.2, 0) is 6.54 Å². The van der Waals surface area contributed by atoms with Gasteiger partial charge < -0.3 is 15.0 Å². The summed E-state index contributed by atoms with van der Waals surface area (Å²) in [6.45, 7) is 3.52. The summed E-state index contributed by atoms with van der Waals surface area (Å²) in [4.78, 5) is 21.0. The zero-order valence-electron chi connectivity index (χ0n) is 16.9. The number of carbonyl (C=O) groups excluding carboxylic acids is 1. The van der Waals surface area contributed by atoms with Crippen LogP contribution in [-0.4, -0.2) is 46.5 Å². The third-order valence-electron chi connectivity index (χ3n) is 5.84. The quantitative estimate of drug-likeness (QED) is 0.622. The predicted octanol–water partition coefficient (Wildman–Crippen LogP) is 4.88. The first-order chi connectivity index (χ1) is 15.1. The molecule has 31 heavy (non-hydrogen) atoms. The van der Waals surface area contributed by atoms with Gasteiger partial charge in [-0.15, -0.1) is 0 Å². The van der Waals surface area contributed by atoms with Crippen LogP contribution in [0.25, 0.3) is 0 Å². The maximum atomic E-state index is 12.6. The number of aromatic nitrogens is 1. The summed E-state index contributed by atoms with van der Waals surface area (Å²) in [5, 5.41) is 3.62. The minimum absolute atomic E-state index is 0.0468. The number of ether oxygens (including phenoxy) is 1. The summed E-state index contributed by atoms with van der Waals surface area (Å²) in [6, 6.07) is 19.4. The van der Waals surface area contributed by atoms with Crippen LogP contribution in [0.4, 0.5) is 10.5 Å². The number of halogens is 1. The number of nitrogens with zero attached hydrogens (tertiary/aromatic N) is 3. The Bertz CT molecular complexity index is 1060. The number of urea groups is 1. The Morgan fingerprint density at radius 3 is 2.74 bits per heavy atom. The van der Waals surface area contributed by atoms with Gasteiger partial charge in [0.1, 0.15) is 11.5 Å². The highest BCUT2D eigenvalue weighted by Crippen LogP contribution is 2.34. The average molecular weight is 435 g/mol. The number of amides is 2. The van der Waals surface area contributed by atoms with Crippen molar-refractivity contribution < 1.29 is 9.53 Å². The molecule has 0 aliphatic carbocycles. The number of hydrogen-bond donors (Lipinski definition) is 1. The number of anilines is 1. The fourth-order valence-electron chi connectivity index (χ4n) is 4.32. The number of benzene rings is 2. The van der Waals surface area contributed by atoms with Crippen LogP contribution in [0.15, 0.2) is 73.1 Å². The number of carbonyl (C=O) groups is 1. The molecule has 0 bridgehead atoms. The van der Waals surface area contributed by atoms with E-state index in [1.54, 1.807) is 12.4 Å². The average Bonchev–Trinajstić information content (AvgIpc) is 3.06. The second-order valence-electron chi connectivity index (χ2n) is 8.05. The largest absolute Gasteiger partial charge is 0.457 e. The van der Waals surface area contributed by atoms with Crippen LogP contribution in [0, 0.1) is 5.92 Å². The molecule has 2 atom stereocenters. The zero-order valence-corrected chi connectivity index (χ0v) is 17.7. The lowest BCUT2D eigenvalue weighted by atomic mass is 9.93. The molecule has 0 radical (unpaired) electrons. The van der Waals surface area contributed by atoms with E-state index in [4.69, 9.17) is 16.3 Å². The highest BCUT2D eigenvalue weighted by Gasteiger charge is 2.47.